The first-order valence-electron chi connectivity index (χ1n) is 11.6. The lowest BCUT2D eigenvalue weighted by Crippen LogP contribution is -2.36. The Balaban J connectivity index is 1.39. The molecule has 0 amide bonds. The number of carbonyl (C=O) groups is 1. The summed E-state index contributed by atoms with van der Waals surface area (Å²) < 4.78 is 6.27. The zero-order valence-electron chi connectivity index (χ0n) is 19.0. The van der Waals surface area contributed by atoms with E-state index < -0.39 is 0 Å². The lowest BCUT2D eigenvalue weighted by molar-refractivity contribution is 0.112. The Labute approximate surface area is 197 Å². The van der Waals surface area contributed by atoms with Gasteiger partial charge in [0.05, 0.1) is 11.1 Å². The molecule has 0 aromatic carbocycles. The van der Waals surface area contributed by atoms with Crippen LogP contribution < -0.4 is 15.8 Å². The predicted octanol–water partition coefficient (Wildman–Crippen LogP) is 4.97. The van der Waals surface area contributed by atoms with Crippen molar-refractivity contribution in [3.8, 4) is 5.88 Å². The summed E-state index contributed by atoms with van der Waals surface area (Å²) in [6.45, 7) is 3.93. The summed E-state index contributed by atoms with van der Waals surface area (Å²) in [5.41, 5.74) is 8.55. The van der Waals surface area contributed by atoms with Crippen LogP contribution in [0.1, 0.15) is 67.2 Å². The molecule has 2 aliphatic carbocycles. The summed E-state index contributed by atoms with van der Waals surface area (Å²) in [5, 5.41) is 6.70. The minimum absolute atomic E-state index is 0.177. The Hall–Kier alpha value is -2.71. The summed E-state index contributed by atoms with van der Waals surface area (Å²) in [7, 11) is 0. The SMILES string of the molecule is CCc1nc(Nc2cc3c(C(C)N)cnc(OC4CC(SC5CC5)C4)c3cn2)ccc1C=O. The van der Waals surface area contributed by atoms with Gasteiger partial charge in [0.1, 0.15) is 17.7 Å². The largest absolute Gasteiger partial charge is 0.474 e. The molecular formula is C25H29N5O2S. The highest BCUT2D eigenvalue weighted by atomic mass is 32.2. The van der Waals surface area contributed by atoms with Crippen LogP contribution in [0, 0.1) is 0 Å². The summed E-state index contributed by atoms with van der Waals surface area (Å²) >= 11 is 2.12. The number of ether oxygens (including phenoxy) is 1. The van der Waals surface area contributed by atoms with Gasteiger partial charge in [0.15, 0.2) is 6.29 Å². The number of aldehydes is 1. The molecule has 0 radical (unpaired) electrons. The molecule has 0 aliphatic heterocycles. The summed E-state index contributed by atoms with van der Waals surface area (Å²) in [6.07, 6.45) is 10.2. The number of pyridine rings is 3. The number of fused-ring (bicyclic) bond motifs is 1. The highest BCUT2D eigenvalue weighted by molar-refractivity contribution is 8.00. The maximum atomic E-state index is 11.2. The third kappa shape index (κ3) is 4.82. The van der Waals surface area contributed by atoms with Gasteiger partial charge in [-0.3, -0.25) is 4.79 Å². The Morgan fingerprint density at radius 1 is 1.18 bits per heavy atom. The monoisotopic (exact) mass is 463 g/mol. The topological polar surface area (TPSA) is 103 Å². The van der Waals surface area contributed by atoms with E-state index in [-0.39, 0.29) is 12.1 Å². The molecule has 1 unspecified atom stereocenters. The molecule has 3 N–H and O–H groups in total. The van der Waals surface area contributed by atoms with Crippen molar-refractivity contribution in [3.05, 3.63) is 47.4 Å². The Morgan fingerprint density at radius 3 is 2.70 bits per heavy atom. The zero-order valence-corrected chi connectivity index (χ0v) is 19.8. The number of thioether (sulfide) groups is 1. The van der Waals surface area contributed by atoms with Crippen molar-refractivity contribution in [1.82, 2.24) is 15.0 Å². The van der Waals surface area contributed by atoms with E-state index in [1.807, 2.05) is 26.1 Å². The van der Waals surface area contributed by atoms with Crippen LogP contribution in [0.2, 0.25) is 0 Å². The lowest BCUT2D eigenvalue weighted by atomic mass is 9.95. The Kier molecular flexibility index (Phi) is 6.21. The molecule has 0 spiro atoms. The van der Waals surface area contributed by atoms with E-state index in [2.05, 4.69) is 32.0 Å². The Morgan fingerprint density at radius 2 is 2.00 bits per heavy atom. The van der Waals surface area contributed by atoms with Crippen molar-refractivity contribution in [1.29, 1.82) is 0 Å². The van der Waals surface area contributed by atoms with Crippen LogP contribution in [0.5, 0.6) is 5.88 Å². The van der Waals surface area contributed by atoms with E-state index in [9.17, 15) is 4.79 Å². The highest BCUT2D eigenvalue weighted by Crippen LogP contribution is 2.45. The molecule has 3 heterocycles. The molecule has 1 atom stereocenters. The lowest BCUT2D eigenvalue weighted by Gasteiger charge is -2.34. The summed E-state index contributed by atoms with van der Waals surface area (Å²) in [6, 6.07) is 5.35. The number of anilines is 2. The first-order chi connectivity index (χ1) is 16.0. The molecule has 0 saturated heterocycles. The number of nitrogens with one attached hydrogen (secondary N) is 1. The van der Waals surface area contributed by atoms with Gasteiger partial charge in [-0.05, 0) is 68.2 Å². The number of hydrogen-bond acceptors (Lipinski definition) is 8. The van der Waals surface area contributed by atoms with Crippen molar-refractivity contribution in [3.63, 3.8) is 0 Å². The smallest absolute Gasteiger partial charge is 0.223 e. The molecule has 8 heteroatoms. The van der Waals surface area contributed by atoms with Crippen molar-refractivity contribution in [2.45, 2.75) is 68.6 Å². The minimum Gasteiger partial charge on any atom is -0.474 e. The standard InChI is InChI=1S/C25H29N5O2S/c1-3-22-15(13-31)4-7-23(29-22)30-24-10-19-20(14(2)26)11-28-25(21(19)12-27-24)32-16-8-18(9-16)33-17-5-6-17/h4,7,10-14,16-18H,3,5-6,8-9,26H2,1-2H3,(H,27,29,30). The van der Waals surface area contributed by atoms with Crippen LogP contribution in [0.4, 0.5) is 11.6 Å². The summed E-state index contributed by atoms with van der Waals surface area (Å²) in [5.74, 6) is 1.92. The van der Waals surface area contributed by atoms with E-state index >= 15 is 0 Å². The van der Waals surface area contributed by atoms with Gasteiger partial charge in [0, 0.05) is 34.5 Å². The van der Waals surface area contributed by atoms with Gasteiger partial charge < -0.3 is 15.8 Å². The third-order valence-electron chi connectivity index (χ3n) is 6.22. The van der Waals surface area contributed by atoms with Crippen LogP contribution in [0.15, 0.2) is 30.6 Å². The van der Waals surface area contributed by atoms with Crippen molar-refractivity contribution in [2.24, 2.45) is 5.73 Å². The van der Waals surface area contributed by atoms with E-state index in [1.165, 1.54) is 12.8 Å². The van der Waals surface area contributed by atoms with Crippen LogP contribution >= 0.6 is 11.8 Å². The number of carbonyl (C=O) groups excluding carboxylic acids is 1. The number of aromatic nitrogens is 3. The quantitative estimate of drug-likeness (QED) is 0.429. The normalized spacial score (nSPS) is 20.8. The summed E-state index contributed by atoms with van der Waals surface area (Å²) in [4.78, 5) is 24.9. The molecule has 5 rings (SSSR count). The molecular weight excluding hydrogens is 434 g/mol. The van der Waals surface area contributed by atoms with Gasteiger partial charge in [-0.25, -0.2) is 15.0 Å². The van der Waals surface area contributed by atoms with Crippen LogP contribution in [-0.4, -0.2) is 37.8 Å². The van der Waals surface area contributed by atoms with Gasteiger partial charge >= 0.3 is 0 Å². The molecule has 2 fully saturated rings. The van der Waals surface area contributed by atoms with Crippen molar-refractivity contribution in [2.75, 3.05) is 5.32 Å². The van der Waals surface area contributed by atoms with Crippen molar-refractivity contribution >= 4 is 40.5 Å². The maximum Gasteiger partial charge on any atom is 0.223 e. The van der Waals surface area contributed by atoms with Crippen LogP contribution in [-0.2, 0) is 6.42 Å². The first-order valence-corrected chi connectivity index (χ1v) is 12.6. The van der Waals surface area contributed by atoms with E-state index in [0.29, 0.717) is 29.5 Å². The van der Waals surface area contributed by atoms with E-state index in [1.54, 1.807) is 18.3 Å². The molecule has 2 aliphatic rings. The molecule has 2 saturated carbocycles. The average molecular weight is 464 g/mol. The molecule has 3 aromatic rings. The zero-order chi connectivity index (χ0) is 22.9. The second kappa shape index (κ2) is 9.27. The third-order valence-corrected chi connectivity index (χ3v) is 7.85. The van der Waals surface area contributed by atoms with Gasteiger partial charge in [-0.15, -0.1) is 0 Å². The maximum absolute atomic E-state index is 11.2. The fraction of sp³-hybridized carbons (Fsp3) is 0.440. The van der Waals surface area contributed by atoms with Crippen LogP contribution in [0.3, 0.4) is 0 Å². The molecule has 172 valence electrons. The van der Waals surface area contributed by atoms with Gasteiger partial charge in [-0.2, -0.15) is 11.8 Å². The van der Waals surface area contributed by atoms with Gasteiger partial charge in [-0.1, -0.05) is 6.92 Å². The van der Waals surface area contributed by atoms with Crippen LogP contribution in [0.25, 0.3) is 10.8 Å². The number of nitrogens with two attached hydrogens (primary N) is 1. The number of aryl methyl sites for hydroxylation is 1. The predicted molar refractivity (Wildman–Crippen MR) is 132 cm³/mol. The fourth-order valence-electron chi connectivity index (χ4n) is 4.12. The van der Waals surface area contributed by atoms with Gasteiger partial charge in [0.2, 0.25) is 5.88 Å². The van der Waals surface area contributed by atoms with E-state index in [4.69, 9.17) is 10.5 Å². The second-order valence-electron chi connectivity index (χ2n) is 8.92. The number of rotatable bonds is 9. The highest BCUT2D eigenvalue weighted by Gasteiger charge is 2.36. The second-order valence-corrected chi connectivity index (χ2v) is 10.5. The number of hydrogen-bond donors (Lipinski definition) is 2. The first kappa shape index (κ1) is 22.1. The molecule has 0 bridgehead atoms. The van der Waals surface area contributed by atoms with Gasteiger partial charge in [0.25, 0.3) is 0 Å². The molecule has 3 aromatic heterocycles. The van der Waals surface area contributed by atoms with E-state index in [0.717, 1.165) is 51.7 Å². The average Bonchev–Trinajstić information content (AvgIpc) is 3.61. The molecule has 7 nitrogen and oxygen atoms in total. The van der Waals surface area contributed by atoms with Crippen molar-refractivity contribution < 1.29 is 9.53 Å². The Bertz CT molecular complexity index is 1170. The fourth-order valence-corrected chi connectivity index (χ4v) is 5.72. The number of nitrogens with zero attached hydrogens (tertiary/aromatic N) is 3. The minimum atomic E-state index is -0.177. The molecule has 33 heavy (non-hydrogen) atoms.